The van der Waals surface area contributed by atoms with Crippen molar-refractivity contribution in [2.45, 2.75) is 33.3 Å². The fourth-order valence-corrected chi connectivity index (χ4v) is 0.838. The van der Waals surface area contributed by atoms with E-state index in [1.165, 1.54) is 0 Å². The Labute approximate surface area is 101 Å². The van der Waals surface area contributed by atoms with E-state index in [1.807, 2.05) is 0 Å². The number of rotatable bonds is 4. The summed E-state index contributed by atoms with van der Waals surface area (Å²) in [5.41, 5.74) is -0.531. The van der Waals surface area contributed by atoms with Crippen molar-refractivity contribution in [3.8, 4) is 0 Å². The zero-order chi connectivity index (χ0) is 13.5. The number of hydrogen-bond acceptors (Lipinski definition) is 4. The molecule has 0 aromatic heterocycles. The summed E-state index contributed by atoms with van der Waals surface area (Å²) >= 11 is 0. The Hall–Kier alpha value is -1.72. The van der Waals surface area contributed by atoms with Gasteiger partial charge < -0.3 is 20.1 Å². The molecule has 6 heteroatoms. The topological polar surface area (TPSA) is 76.7 Å². The summed E-state index contributed by atoms with van der Waals surface area (Å²) < 4.78 is 9.65. The summed E-state index contributed by atoms with van der Waals surface area (Å²) in [6.45, 7) is 10.8. The van der Waals surface area contributed by atoms with Crippen molar-refractivity contribution in [2.75, 3.05) is 13.1 Å². The van der Waals surface area contributed by atoms with Crippen LogP contribution in [0.1, 0.15) is 27.7 Å². The molecule has 0 heterocycles. The molecule has 0 radical (unpaired) electrons. The summed E-state index contributed by atoms with van der Waals surface area (Å²) in [5.74, 6) is 0.308. The smallest absolute Gasteiger partial charge is 0.412 e. The third-order valence-corrected chi connectivity index (χ3v) is 1.33. The number of hydrogen-bond donors (Lipinski definition) is 2. The lowest BCUT2D eigenvalue weighted by molar-refractivity contribution is 0.0527. The standard InChI is InChI=1S/C11H20N2O4/c1-8(2)16-9(14)12-6-7-13-10(15)17-11(3,4)5/h1,6-7H2,2-5H3,(H,12,14)(H,13,15). The minimum Gasteiger partial charge on any atom is -0.444 e. The van der Waals surface area contributed by atoms with Crippen LogP contribution in [0.25, 0.3) is 0 Å². The van der Waals surface area contributed by atoms with Crippen molar-refractivity contribution >= 4 is 12.2 Å². The average molecular weight is 244 g/mol. The van der Waals surface area contributed by atoms with Crippen LogP contribution in [0, 0.1) is 0 Å². The highest BCUT2D eigenvalue weighted by Gasteiger charge is 2.15. The SMILES string of the molecule is C=C(C)OC(=O)NCCNC(=O)OC(C)(C)C. The molecule has 0 aliphatic carbocycles. The van der Waals surface area contributed by atoms with Gasteiger partial charge in [-0.2, -0.15) is 0 Å². The number of carbonyl (C=O) groups excluding carboxylic acids is 2. The van der Waals surface area contributed by atoms with E-state index in [9.17, 15) is 9.59 Å². The molecular weight excluding hydrogens is 224 g/mol. The predicted octanol–water partition coefficient (Wildman–Crippen LogP) is 1.77. The second-order valence-corrected chi connectivity index (χ2v) is 4.45. The number of allylic oxidation sites excluding steroid dienone is 1. The molecule has 0 saturated heterocycles. The van der Waals surface area contributed by atoms with E-state index in [1.54, 1.807) is 27.7 Å². The fourth-order valence-electron chi connectivity index (χ4n) is 0.838. The maximum Gasteiger partial charge on any atom is 0.412 e. The fraction of sp³-hybridized carbons (Fsp3) is 0.636. The zero-order valence-electron chi connectivity index (χ0n) is 10.8. The monoisotopic (exact) mass is 244 g/mol. The van der Waals surface area contributed by atoms with Crippen LogP contribution in [0.5, 0.6) is 0 Å². The number of amides is 2. The van der Waals surface area contributed by atoms with Gasteiger partial charge >= 0.3 is 12.2 Å². The van der Waals surface area contributed by atoms with Gasteiger partial charge in [0.1, 0.15) is 5.60 Å². The Kier molecular flexibility index (Phi) is 6.09. The van der Waals surface area contributed by atoms with E-state index >= 15 is 0 Å². The molecule has 17 heavy (non-hydrogen) atoms. The van der Waals surface area contributed by atoms with E-state index in [0.717, 1.165) is 0 Å². The van der Waals surface area contributed by atoms with Crippen molar-refractivity contribution in [2.24, 2.45) is 0 Å². The zero-order valence-corrected chi connectivity index (χ0v) is 10.8. The molecular formula is C11H20N2O4. The van der Waals surface area contributed by atoms with E-state index < -0.39 is 17.8 Å². The molecule has 6 nitrogen and oxygen atoms in total. The molecule has 0 unspecified atom stereocenters. The van der Waals surface area contributed by atoms with Gasteiger partial charge in [0, 0.05) is 13.1 Å². The van der Waals surface area contributed by atoms with Crippen LogP contribution in [-0.4, -0.2) is 30.9 Å². The van der Waals surface area contributed by atoms with Crippen molar-refractivity contribution in [1.29, 1.82) is 0 Å². The summed E-state index contributed by atoms with van der Waals surface area (Å²) in [4.78, 5) is 22.2. The maximum atomic E-state index is 11.2. The molecule has 0 rings (SSSR count). The summed E-state index contributed by atoms with van der Waals surface area (Å²) in [6.07, 6.45) is -1.11. The number of alkyl carbamates (subject to hydrolysis) is 2. The van der Waals surface area contributed by atoms with Gasteiger partial charge in [0.2, 0.25) is 0 Å². The first-order valence-electron chi connectivity index (χ1n) is 5.29. The molecule has 0 atom stereocenters. The molecule has 0 fully saturated rings. The molecule has 0 saturated carbocycles. The van der Waals surface area contributed by atoms with Crippen molar-refractivity contribution in [1.82, 2.24) is 10.6 Å². The predicted molar refractivity (Wildman–Crippen MR) is 63.5 cm³/mol. The number of carbonyl (C=O) groups is 2. The molecule has 2 N–H and O–H groups in total. The van der Waals surface area contributed by atoms with Crippen LogP contribution in [-0.2, 0) is 9.47 Å². The second-order valence-electron chi connectivity index (χ2n) is 4.45. The van der Waals surface area contributed by atoms with Gasteiger partial charge in [-0.3, -0.25) is 0 Å². The van der Waals surface area contributed by atoms with Gasteiger partial charge in [-0.25, -0.2) is 9.59 Å². The first-order chi connectivity index (χ1) is 7.70. The lowest BCUT2D eigenvalue weighted by Gasteiger charge is -2.19. The van der Waals surface area contributed by atoms with Gasteiger partial charge in [-0.15, -0.1) is 0 Å². The quantitative estimate of drug-likeness (QED) is 0.583. The highest BCUT2D eigenvalue weighted by molar-refractivity contribution is 5.69. The van der Waals surface area contributed by atoms with Crippen molar-refractivity contribution in [3.05, 3.63) is 12.3 Å². The molecule has 2 amide bonds. The van der Waals surface area contributed by atoms with Crippen LogP contribution in [0.3, 0.4) is 0 Å². The largest absolute Gasteiger partial charge is 0.444 e. The first kappa shape index (κ1) is 15.3. The number of nitrogens with one attached hydrogen (secondary N) is 2. The third kappa shape index (κ3) is 10.6. The Balaban J connectivity index is 3.61. The van der Waals surface area contributed by atoms with Crippen LogP contribution in [0.4, 0.5) is 9.59 Å². The normalized spacial score (nSPS) is 10.4. The van der Waals surface area contributed by atoms with Crippen LogP contribution < -0.4 is 10.6 Å². The Bertz CT molecular complexity index is 294. The lowest BCUT2D eigenvalue weighted by atomic mass is 10.2. The molecule has 0 aliphatic heterocycles. The Morgan fingerprint density at radius 1 is 1.12 bits per heavy atom. The minimum atomic E-state index is -0.594. The van der Waals surface area contributed by atoms with E-state index in [0.29, 0.717) is 5.76 Å². The van der Waals surface area contributed by atoms with E-state index in [2.05, 4.69) is 21.9 Å². The first-order valence-corrected chi connectivity index (χ1v) is 5.29. The maximum absolute atomic E-state index is 11.2. The van der Waals surface area contributed by atoms with Crippen LogP contribution in [0.15, 0.2) is 12.3 Å². The lowest BCUT2D eigenvalue weighted by Crippen LogP contribution is -2.37. The molecule has 98 valence electrons. The van der Waals surface area contributed by atoms with Gasteiger partial charge in [0.05, 0.1) is 5.76 Å². The van der Waals surface area contributed by atoms with E-state index in [4.69, 9.17) is 4.74 Å². The highest BCUT2D eigenvalue weighted by atomic mass is 16.6. The Morgan fingerprint density at radius 2 is 1.59 bits per heavy atom. The van der Waals surface area contributed by atoms with Gasteiger partial charge in [-0.05, 0) is 27.7 Å². The Morgan fingerprint density at radius 3 is 2.00 bits per heavy atom. The molecule has 0 spiro atoms. The van der Waals surface area contributed by atoms with Gasteiger partial charge in [0.25, 0.3) is 0 Å². The molecule has 0 aromatic carbocycles. The molecule has 0 aromatic rings. The molecule has 0 aliphatic rings. The highest BCUT2D eigenvalue weighted by Crippen LogP contribution is 2.05. The summed E-state index contributed by atoms with van der Waals surface area (Å²) in [6, 6.07) is 0. The van der Waals surface area contributed by atoms with Crippen LogP contribution >= 0.6 is 0 Å². The van der Waals surface area contributed by atoms with Gasteiger partial charge in [-0.1, -0.05) is 6.58 Å². The second kappa shape index (κ2) is 6.78. The number of ether oxygens (including phenoxy) is 2. The minimum absolute atomic E-state index is 0.255. The summed E-state index contributed by atoms with van der Waals surface area (Å²) in [7, 11) is 0. The van der Waals surface area contributed by atoms with Crippen molar-refractivity contribution < 1.29 is 19.1 Å². The summed E-state index contributed by atoms with van der Waals surface area (Å²) in [5, 5.41) is 4.93. The molecule has 0 bridgehead atoms. The van der Waals surface area contributed by atoms with Crippen molar-refractivity contribution in [3.63, 3.8) is 0 Å². The average Bonchev–Trinajstić information content (AvgIpc) is 2.08. The third-order valence-electron chi connectivity index (χ3n) is 1.33. The van der Waals surface area contributed by atoms with Gasteiger partial charge in [0.15, 0.2) is 0 Å². The van der Waals surface area contributed by atoms with Crippen LogP contribution in [0.2, 0.25) is 0 Å². The van der Waals surface area contributed by atoms with E-state index in [-0.39, 0.29) is 13.1 Å².